The lowest BCUT2D eigenvalue weighted by molar-refractivity contribution is -0.116. The number of carbonyl (C=O) groups is 2. The van der Waals surface area contributed by atoms with Crippen molar-refractivity contribution in [2.45, 2.75) is 24.5 Å². The van der Waals surface area contributed by atoms with Gasteiger partial charge in [0.1, 0.15) is 0 Å². The van der Waals surface area contributed by atoms with Crippen molar-refractivity contribution in [1.82, 2.24) is 20.1 Å². The third-order valence-electron chi connectivity index (χ3n) is 6.96. The number of carbonyl (C=O) groups excluding carboxylic acids is 2. The summed E-state index contributed by atoms with van der Waals surface area (Å²) < 4.78 is 2.85. The number of hydrogen-bond acceptors (Lipinski definition) is 5. The predicted molar refractivity (Wildman–Crippen MR) is 162 cm³/mol. The average Bonchev–Trinajstić information content (AvgIpc) is 3.41. The van der Waals surface area contributed by atoms with Gasteiger partial charge in [-0.2, -0.15) is 0 Å². The average molecular weight is 613 g/mol. The molecule has 4 aromatic carbocycles. The second kappa shape index (κ2) is 11.7. The Morgan fingerprint density at radius 1 is 0.900 bits per heavy atom. The zero-order valence-electron chi connectivity index (χ0n) is 21.6. The van der Waals surface area contributed by atoms with Gasteiger partial charge in [0.25, 0.3) is 5.91 Å². The van der Waals surface area contributed by atoms with Crippen LogP contribution in [-0.2, 0) is 17.8 Å². The molecule has 5 aromatic rings. The first kappa shape index (κ1) is 26.3. The van der Waals surface area contributed by atoms with Gasteiger partial charge in [-0.25, -0.2) is 0 Å². The highest BCUT2D eigenvalue weighted by molar-refractivity contribution is 9.10. The highest BCUT2D eigenvalue weighted by atomic mass is 79.9. The van der Waals surface area contributed by atoms with Crippen LogP contribution < -0.4 is 10.2 Å². The largest absolute Gasteiger partial charge is 0.345 e. The maximum absolute atomic E-state index is 13.3. The van der Waals surface area contributed by atoms with Crippen molar-refractivity contribution in [3.63, 3.8) is 0 Å². The van der Waals surface area contributed by atoms with E-state index in [2.05, 4.69) is 37.5 Å². The first-order chi connectivity index (χ1) is 19.6. The Hall–Kier alpha value is -3.95. The van der Waals surface area contributed by atoms with Crippen molar-refractivity contribution in [3.05, 3.63) is 112 Å². The summed E-state index contributed by atoms with van der Waals surface area (Å²) in [5.41, 5.74) is 3.65. The Kier molecular flexibility index (Phi) is 7.66. The van der Waals surface area contributed by atoms with Gasteiger partial charge in [0.15, 0.2) is 11.0 Å². The van der Waals surface area contributed by atoms with Crippen molar-refractivity contribution in [2.75, 3.05) is 17.2 Å². The smallest absolute Gasteiger partial charge is 0.252 e. The molecule has 0 unspecified atom stereocenters. The molecule has 2 heterocycles. The Balaban J connectivity index is 1.23. The minimum Gasteiger partial charge on any atom is -0.345 e. The van der Waals surface area contributed by atoms with Crippen LogP contribution in [0.4, 0.5) is 5.69 Å². The predicted octanol–water partition coefficient (Wildman–Crippen LogP) is 6.18. The molecule has 0 aliphatic carbocycles. The highest BCUT2D eigenvalue weighted by Crippen LogP contribution is 2.29. The van der Waals surface area contributed by atoms with E-state index in [-0.39, 0.29) is 24.1 Å². The molecule has 1 aliphatic rings. The molecule has 0 saturated carbocycles. The van der Waals surface area contributed by atoms with Gasteiger partial charge in [0.05, 0.1) is 12.3 Å². The van der Waals surface area contributed by atoms with Crippen LogP contribution in [0.1, 0.15) is 28.2 Å². The van der Waals surface area contributed by atoms with E-state index in [9.17, 15) is 9.59 Å². The number of anilines is 1. The molecular weight excluding hydrogens is 586 g/mol. The lowest BCUT2D eigenvalue weighted by atomic mass is 10.0. The van der Waals surface area contributed by atoms with Crippen LogP contribution in [-0.4, -0.2) is 38.9 Å². The van der Waals surface area contributed by atoms with E-state index < -0.39 is 0 Å². The van der Waals surface area contributed by atoms with Gasteiger partial charge >= 0.3 is 0 Å². The summed E-state index contributed by atoms with van der Waals surface area (Å²) in [6, 6.07) is 29.4. The molecule has 40 heavy (non-hydrogen) atoms. The quantitative estimate of drug-likeness (QED) is 0.222. The SMILES string of the molecule is O=C(NCc1nnc(SCC(=O)N2CCCc3ccccc32)n1-c1ccc(Br)cc1)c1cccc2ccccc12. The number of benzene rings is 4. The summed E-state index contributed by atoms with van der Waals surface area (Å²) in [4.78, 5) is 28.4. The summed E-state index contributed by atoms with van der Waals surface area (Å²) in [6.45, 7) is 0.889. The maximum atomic E-state index is 13.3. The molecule has 2 amide bonds. The summed E-state index contributed by atoms with van der Waals surface area (Å²) >= 11 is 4.84. The third kappa shape index (κ3) is 5.39. The van der Waals surface area contributed by atoms with Gasteiger partial charge in [0.2, 0.25) is 5.91 Å². The number of rotatable bonds is 7. The Morgan fingerprint density at radius 2 is 1.68 bits per heavy atom. The molecule has 9 heteroatoms. The normalized spacial score (nSPS) is 12.8. The van der Waals surface area contributed by atoms with Gasteiger partial charge in [0, 0.05) is 28.0 Å². The van der Waals surface area contributed by atoms with Crippen molar-refractivity contribution in [2.24, 2.45) is 0 Å². The number of para-hydroxylation sites is 1. The first-order valence-corrected chi connectivity index (χ1v) is 14.8. The van der Waals surface area contributed by atoms with E-state index in [4.69, 9.17) is 0 Å². The van der Waals surface area contributed by atoms with Gasteiger partial charge in [-0.3, -0.25) is 14.2 Å². The topological polar surface area (TPSA) is 80.1 Å². The molecule has 1 aliphatic heterocycles. The van der Waals surface area contributed by atoms with Crippen LogP contribution in [0.3, 0.4) is 0 Å². The van der Waals surface area contributed by atoms with Crippen molar-refractivity contribution in [3.8, 4) is 5.69 Å². The number of nitrogens with zero attached hydrogens (tertiary/aromatic N) is 4. The second-order valence-electron chi connectivity index (χ2n) is 9.49. The zero-order chi connectivity index (χ0) is 27.5. The van der Waals surface area contributed by atoms with E-state index in [1.54, 1.807) is 0 Å². The number of hydrogen-bond donors (Lipinski definition) is 1. The lowest BCUT2D eigenvalue weighted by Crippen LogP contribution is -2.36. The van der Waals surface area contributed by atoms with E-state index in [1.807, 2.05) is 94.4 Å². The molecule has 0 radical (unpaired) electrons. The van der Waals surface area contributed by atoms with Crippen LogP contribution in [0.2, 0.25) is 0 Å². The van der Waals surface area contributed by atoms with E-state index >= 15 is 0 Å². The standard InChI is InChI=1S/C31H26BrN5O2S/c32-23-14-16-24(17-15-23)37-28(19-33-30(39)26-12-5-9-21-7-1-3-11-25(21)26)34-35-31(37)40-20-29(38)36-18-6-10-22-8-2-4-13-27(22)36/h1-5,7-9,11-17H,6,10,18-20H2,(H,33,39). The van der Waals surface area contributed by atoms with E-state index in [1.165, 1.54) is 17.3 Å². The number of nitrogens with one attached hydrogen (secondary N) is 1. The molecule has 200 valence electrons. The minimum absolute atomic E-state index is 0.0355. The molecule has 7 nitrogen and oxygen atoms in total. The highest BCUT2D eigenvalue weighted by Gasteiger charge is 2.24. The van der Waals surface area contributed by atoms with Crippen LogP contribution in [0.5, 0.6) is 0 Å². The summed E-state index contributed by atoms with van der Waals surface area (Å²) in [7, 11) is 0. The van der Waals surface area contributed by atoms with Gasteiger partial charge in [-0.1, -0.05) is 82.3 Å². The third-order valence-corrected chi connectivity index (χ3v) is 8.40. The Bertz CT molecular complexity index is 1700. The molecule has 1 N–H and O–H groups in total. The fourth-order valence-electron chi connectivity index (χ4n) is 5.03. The van der Waals surface area contributed by atoms with Gasteiger partial charge in [-0.05, 0) is 65.6 Å². The lowest BCUT2D eigenvalue weighted by Gasteiger charge is -2.29. The summed E-state index contributed by atoms with van der Waals surface area (Å²) in [5.74, 6) is 0.656. The van der Waals surface area contributed by atoms with Crippen LogP contribution in [0, 0.1) is 0 Å². The van der Waals surface area contributed by atoms with Crippen LogP contribution >= 0.6 is 27.7 Å². The van der Waals surface area contributed by atoms with Crippen LogP contribution in [0.25, 0.3) is 16.5 Å². The fourth-order valence-corrected chi connectivity index (χ4v) is 6.14. The second-order valence-corrected chi connectivity index (χ2v) is 11.3. The molecule has 0 atom stereocenters. The van der Waals surface area contributed by atoms with Crippen LogP contribution in [0.15, 0.2) is 101 Å². The fraction of sp³-hybridized carbons (Fsp3) is 0.161. The zero-order valence-corrected chi connectivity index (χ0v) is 24.0. The molecule has 6 rings (SSSR count). The molecule has 0 bridgehead atoms. The molecule has 0 fully saturated rings. The molecule has 1 aromatic heterocycles. The van der Waals surface area contributed by atoms with Crippen molar-refractivity contribution >= 4 is 56.0 Å². The van der Waals surface area contributed by atoms with Crippen molar-refractivity contribution < 1.29 is 9.59 Å². The minimum atomic E-state index is -0.185. The molecule has 0 spiro atoms. The monoisotopic (exact) mass is 611 g/mol. The van der Waals surface area contributed by atoms with Crippen molar-refractivity contribution in [1.29, 1.82) is 0 Å². The number of halogens is 1. The number of thioether (sulfide) groups is 1. The van der Waals surface area contributed by atoms with E-state index in [0.717, 1.165) is 39.5 Å². The molecule has 0 saturated heterocycles. The van der Waals surface area contributed by atoms with Gasteiger partial charge < -0.3 is 10.2 Å². The summed E-state index contributed by atoms with van der Waals surface area (Å²) in [5, 5.41) is 14.3. The number of aryl methyl sites for hydroxylation is 1. The Labute approximate surface area is 244 Å². The van der Waals surface area contributed by atoms with Gasteiger partial charge in [-0.15, -0.1) is 10.2 Å². The first-order valence-electron chi connectivity index (χ1n) is 13.1. The molecular formula is C31H26BrN5O2S. The number of amides is 2. The summed E-state index contributed by atoms with van der Waals surface area (Å²) in [6.07, 6.45) is 1.93. The number of aromatic nitrogens is 3. The Morgan fingerprint density at radius 3 is 2.55 bits per heavy atom. The number of fused-ring (bicyclic) bond motifs is 2. The van der Waals surface area contributed by atoms with E-state index in [0.29, 0.717) is 23.1 Å². The maximum Gasteiger partial charge on any atom is 0.252 e.